The highest BCUT2D eigenvalue weighted by molar-refractivity contribution is 6.30. The van der Waals surface area contributed by atoms with Crippen LogP contribution < -0.4 is 5.43 Å². The smallest absolute Gasteiger partial charge is 0.170 e. The summed E-state index contributed by atoms with van der Waals surface area (Å²) in [6.45, 7) is 1.95. The van der Waals surface area contributed by atoms with Crippen molar-refractivity contribution in [2.24, 2.45) is 9.98 Å². The molecule has 0 aliphatic carbocycles. The van der Waals surface area contributed by atoms with Gasteiger partial charge < -0.3 is 0 Å². The van der Waals surface area contributed by atoms with E-state index in [-0.39, 0.29) is 6.17 Å². The summed E-state index contributed by atoms with van der Waals surface area (Å²) in [5.41, 5.74) is 5.02. The summed E-state index contributed by atoms with van der Waals surface area (Å²) in [4.78, 5) is 8.81. The van der Waals surface area contributed by atoms with Crippen LogP contribution in [0.15, 0.2) is 28.2 Å². The molecule has 15 heavy (non-hydrogen) atoms. The highest BCUT2D eigenvalue weighted by atomic mass is 35.5. The lowest BCUT2D eigenvalue weighted by Gasteiger charge is -2.29. The van der Waals surface area contributed by atoms with Gasteiger partial charge in [0.2, 0.25) is 0 Å². The summed E-state index contributed by atoms with van der Waals surface area (Å²) in [7, 11) is 0. The van der Waals surface area contributed by atoms with Gasteiger partial charge in [-0.1, -0.05) is 11.6 Å². The maximum atomic E-state index is 5.96. The van der Waals surface area contributed by atoms with Crippen LogP contribution in [0.1, 0.15) is 18.7 Å². The highest BCUT2D eigenvalue weighted by Crippen LogP contribution is 2.37. The number of hydrazine groups is 1. The van der Waals surface area contributed by atoms with Crippen LogP contribution in [0.5, 0.6) is 0 Å². The molecule has 2 heterocycles. The molecule has 0 aromatic heterocycles. The Morgan fingerprint density at radius 3 is 3.20 bits per heavy atom. The molecule has 1 atom stereocenters. The number of amidine groups is 1. The summed E-state index contributed by atoms with van der Waals surface area (Å²) < 4.78 is 0. The standard InChI is InChI=1S/C10H9ClN4/c1-6-14-9-3-2-7(11)4-8(9)10-12-5-13-15(6)10/h2-5,10H,1H3,(H,12,13). The number of aliphatic imine (C=N–C) groups is 2. The molecule has 1 unspecified atom stereocenters. The van der Waals surface area contributed by atoms with Gasteiger partial charge in [0, 0.05) is 10.6 Å². The van der Waals surface area contributed by atoms with Crippen molar-refractivity contribution in [3.63, 3.8) is 0 Å². The first-order valence-corrected chi connectivity index (χ1v) is 5.05. The number of nitrogens with one attached hydrogen (secondary N) is 1. The van der Waals surface area contributed by atoms with Gasteiger partial charge in [0.05, 0.1) is 5.69 Å². The van der Waals surface area contributed by atoms with Gasteiger partial charge in [0.1, 0.15) is 12.2 Å². The van der Waals surface area contributed by atoms with Gasteiger partial charge in [0.25, 0.3) is 0 Å². The summed E-state index contributed by atoms with van der Waals surface area (Å²) in [6, 6.07) is 5.68. The van der Waals surface area contributed by atoms with Crippen LogP contribution in [-0.4, -0.2) is 17.2 Å². The second-order valence-corrected chi connectivity index (χ2v) is 3.95. The zero-order valence-corrected chi connectivity index (χ0v) is 8.86. The molecule has 2 aliphatic rings. The van der Waals surface area contributed by atoms with Crippen molar-refractivity contribution < 1.29 is 0 Å². The van der Waals surface area contributed by atoms with Gasteiger partial charge in [-0.15, -0.1) is 0 Å². The van der Waals surface area contributed by atoms with E-state index < -0.39 is 0 Å². The Morgan fingerprint density at radius 1 is 1.47 bits per heavy atom. The van der Waals surface area contributed by atoms with Crippen LogP contribution >= 0.6 is 11.6 Å². The summed E-state index contributed by atoms with van der Waals surface area (Å²) >= 11 is 5.96. The molecule has 1 aromatic rings. The molecule has 0 bridgehead atoms. The van der Waals surface area contributed by atoms with Crippen LogP contribution in [0.2, 0.25) is 5.02 Å². The highest BCUT2D eigenvalue weighted by Gasteiger charge is 2.30. The molecule has 2 aliphatic heterocycles. The number of nitrogens with zero attached hydrogens (tertiary/aromatic N) is 3. The van der Waals surface area contributed by atoms with E-state index >= 15 is 0 Å². The predicted octanol–water partition coefficient (Wildman–Crippen LogP) is 2.25. The molecule has 0 saturated carbocycles. The van der Waals surface area contributed by atoms with E-state index in [4.69, 9.17) is 11.6 Å². The minimum atomic E-state index is -0.0313. The van der Waals surface area contributed by atoms with E-state index in [1.807, 2.05) is 30.1 Å². The van der Waals surface area contributed by atoms with Crippen LogP contribution in [0.4, 0.5) is 5.69 Å². The number of hydrogen-bond donors (Lipinski definition) is 1. The largest absolute Gasteiger partial charge is 0.285 e. The Labute approximate surface area is 92.3 Å². The minimum Gasteiger partial charge on any atom is -0.285 e. The second-order valence-electron chi connectivity index (χ2n) is 3.51. The lowest BCUT2D eigenvalue weighted by Crippen LogP contribution is -2.39. The molecule has 0 amide bonds. The Bertz CT molecular complexity index is 480. The predicted molar refractivity (Wildman–Crippen MR) is 60.4 cm³/mol. The fraction of sp³-hybridized carbons (Fsp3) is 0.200. The van der Waals surface area contributed by atoms with E-state index in [0.717, 1.165) is 17.1 Å². The van der Waals surface area contributed by atoms with Gasteiger partial charge in [-0.3, -0.25) is 5.43 Å². The number of halogens is 1. The van der Waals surface area contributed by atoms with Crippen LogP contribution in [0, 0.1) is 0 Å². The molecule has 76 valence electrons. The molecule has 3 rings (SSSR count). The van der Waals surface area contributed by atoms with Crippen molar-refractivity contribution in [1.29, 1.82) is 0 Å². The fourth-order valence-electron chi connectivity index (χ4n) is 1.86. The van der Waals surface area contributed by atoms with Crippen molar-refractivity contribution in [3.05, 3.63) is 28.8 Å². The van der Waals surface area contributed by atoms with Gasteiger partial charge in [-0.25, -0.2) is 15.0 Å². The molecule has 0 radical (unpaired) electrons. The molecular formula is C10H9ClN4. The normalized spacial score (nSPS) is 21.9. The first kappa shape index (κ1) is 8.73. The molecule has 1 N–H and O–H groups in total. The van der Waals surface area contributed by atoms with Crippen LogP contribution in [-0.2, 0) is 0 Å². The average molecular weight is 221 g/mol. The summed E-state index contributed by atoms with van der Waals surface area (Å²) in [5, 5.41) is 2.63. The molecular weight excluding hydrogens is 212 g/mol. The minimum absolute atomic E-state index is 0.0313. The van der Waals surface area contributed by atoms with E-state index in [0.29, 0.717) is 5.02 Å². The number of rotatable bonds is 0. The van der Waals surface area contributed by atoms with Crippen molar-refractivity contribution >= 4 is 29.5 Å². The maximum absolute atomic E-state index is 5.96. The van der Waals surface area contributed by atoms with Crippen LogP contribution in [0.3, 0.4) is 0 Å². The summed E-state index contributed by atoms with van der Waals surface area (Å²) in [5.74, 6) is 0.910. The quantitative estimate of drug-likeness (QED) is 0.729. The van der Waals surface area contributed by atoms with Crippen LogP contribution in [0.25, 0.3) is 0 Å². The molecule has 0 fully saturated rings. The molecule has 0 saturated heterocycles. The van der Waals surface area contributed by atoms with E-state index in [9.17, 15) is 0 Å². The topological polar surface area (TPSA) is 40.0 Å². The third kappa shape index (κ3) is 1.22. The van der Waals surface area contributed by atoms with Gasteiger partial charge in [-0.05, 0) is 25.1 Å². The second kappa shape index (κ2) is 2.97. The third-order valence-electron chi connectivity index (χ3n) is 2.56. The lowest BCUT2D eigenvalue weighted by atomic mass is 10.1. The van der Waals surface area contributed by atoms with Crippen molar-refractivity contribution in [2.75, 3.05) is 0 Å². The van der Waals surface area contributed by atoms with Crippen molar-refractivity contribution in [3.8, 4) is 0 Å². The number of fused-ring (bicyclic) bond motifs is 3. The Hall–Kier alpha value is -1.55. The molecule has 0 spiro atoms. The third-order valence-corrected chi connectivity index (χ3v) is 2.79. The maximum Gasteiger partial charge on any atom is 0.170 e. The van der Waals surface area contributed by atoms with Crippen molar-refractivity contribution in [2.45, 2.75) is 13.1 Å². The average Bonchev–Trinajstić information content (AvgIpc) is 2.69. The Balaban J connectivity index is 2.20. The monoisotopic (exact) mass is 220 g/mol. The Kier molecular flexibility index (Phi) is 1.73. The van der Waals surface area contributed by atoms with Gasteiger partial charge in [0.15, 0.2) is 6.17 Å². The van der Waals surface area contributed by atoms with Gasteiger partial charge in [-0.2, -0.15) is 0 Å². The zero-order chi connectivity index (χ0) is 10.4. The first-order chi connectivity index (χ1) is 7.25. The number of benzene rings is 1. The lowest BCUT2D eigenvalue weighted by molar-refractivity contribution is 0.315. The number of hydrogen-bond acceptors (Lipinski definition) is 4. The van der Waals surface area contributed by atoms with Gasteiger partial charge >= 0.3 is 0 Å². The van der Waals surface area contributed by atoms with Crippen molar-refractivity contribution in [1.82, 2.24) is 10.4 Å². The SMILES string of the molecule is CC1=Nc2ccc(Cl)cc2C2N=CNN12. The fourth-order valence-corrected chi connectivity index (χ4v) is 2.04. The Morgan fingerprint density at radius 2 is 2.33 bits per heavy atom. The zero-order valence-electron chi connectivity index (χ0n) is 8.11. The first-order valence-electron chi connectivity index (χ1n) is 4.67. The van der Waals surface area contributed by atoms with E-state index in [1.165, 1.54) is 0 Å². The van der Waals surface area contributed by atoms with E-state index in [1.54, 1.807) is 6.34 Å². The summed E-state index contributed by atoms with van der Waals surface area (Å²) in [6.07, 6.45) is 1.65. The molecule has 4 nitrogen and oxygen atoms in total. The molecule has 1 aromatic carbocycles. The van der Waals surface area contributed by atoms with E-state index in [2.05, 4.69) is 15.4 Å². The molecule has 5 heteroatoms.